The molecule has 150 valence electrons. The zero-order valence-electron chi connectivity index (χ0n) is 14.9. The third kappa shape index (κ3) is 3.55. The van der Waals surface area contributed by atoms with E-state index in [1.807, 2.05) is 0 Å². The normalized spacial score (nSPS) is 21.9. The first kappa shape index (κ1) is 20.1. The fourth-order valence-corrected chi connectivity index (χ4v) is 4.75. The second kappa shape index (κ2) is 8.16. The van der Waals surface area contributed by atoms with Gasteiger partial charge in [-0.25, -0.2) is 9.78 Å². The average molecular weight is 427 g/mol. The van der Waals surface area contributed by atoms with Crippen molar-refractivity contribution in [2.24, 2.45) is 5.16 Å². The first-order valence-corrected chi connectivity index (χ1v) is 9.84. The number of ether oxygens (including phenoxy) is 1. The summed E-state index contributed by atoms with van der Waals surface area (Å²) in [5.74, 6) is -2.03. The number of aliphatic carboxylic acids is 1. The van der Waals surface area contributed by atoms with Crippen LogP contribution in [-0.2, 0) is 24.0 Å². The number of aromatic nitrogens is 1. The molecule has 2 aliphatic heterocycles. The molecule has 2 atom stereocenters. The minimum Gasteiger partial charge on any atom is -0.477 e. The van der Waals surface area contributed by atoms with Crippen LogP contribution in [0.25, 0.3) is 0 Å². The predicted molar refractivity (Wildman–Crippen MR) is 102 cm³/mol. The molecule has 1 aromatic heterocycles. The van der Waals surface area contributed by atoms with E-state index in [1.54, 1.807) is 5.38 Å². The molecule has 0 radical (unpaired) electrons. The van der Waals surface area contributed by atoms with Crippen LogP contribution in [0.15, 0.2) is 21.8 Å². The number of hydrogen-bond acceptors (Lipinski definition) is 10. The smallest absolute Gasteiger partial charge is 0.352 e. The van der Waals surface area contributed by atoms with Gasteiger partial charge in [-0.1, -0.05) is 5.16 Å². The highest BCUT2D eigenvalue weighted by Crippen LogP contribution is 2.40. The Morgan fingerprint density at radius 1 is 1.50 bits per heavy atom. The first-order chi connectivity index (χ1) is 13.4. The molecular weight excluding hydrogens is 410 g/mol. The van der Waals surface area contributed by atoms with Crippen LogP contribution < -0.4 is 11.1 Å². The van der Waals surface area contributed by atoms with Gasteiger partial charge >= 0.3 is 5.97 Å². The number of thioether (sulfide) groups is 1. The summed E-state index contributed by atoms with van der Waals surface area (Å²) in [7, 11) is 2.73. The zero-order chi connectivity index (χ0) is 20.4. The quantitative estimate of drug-likeness (QED) is 0.295. The van der Waals surface area contributed by atoms with Gasteiger partial charge < -0.3 is 25.7 Å². The number of nitrogens with one attached hydrogen (secondary N) is 1. The lowest BCUT2D eigenvalue weighted by Gasteiger charge is -2.49. The topological polar surface area (TPSA) is 156 Å². The van der Waals surface area contributed by atoms with Gasteiger partial charge in [-0.3, -0.25) is 14.5 Å². The Balaban J connectivity index is 1.78. The number of β-lactam (4-membered cyclic amide) rings is 1. The molecular formula is C15H17N5O6S2. The fourth-order valence-electron chi connectivity index (χ4n) is 2.87. The lowest BCUT2D eigenvalue weighted by Crippen LogP contribution is -2.71. The van der Waals surface area contributed by atoms with E-state index in [4.69, 9.17) is 15.3 Å². The highest BCUT2D eigenvalue weighted by Gasteiger charge is 2.54. The molecule has 3 rings (SSSR count). The Morgan fingerprint density at radius 3 is 2.82 bits per heavy atom. The number of oxime groups is 1. The predicted octanol–water partition coefficient (Wildman–Crippen LogP) is -0.539. The van der Waals surface area contributed by atoms with Crippen molar-refractivity contribution >= 4 is 51.7 Å². The van der Waals surface area contributed by atoms with Crippen LogP contribution in [0.3, 0.4) is 0 Å². The van der Waals surface area contributed by atoms with Crippen LogP contribution in [0.4, 0.5) is 5.13 Å². The van der Waals surface area contributed by atoms with E-state index in [9.17, 15) is 19.5 Å². The number of methoxy groups -OCH3 is 1. The average Bonchev–Trinajstić information content (AvgIpc) is 3.09. The number of rotatable bonds is 7. The molecule has 2 aliphatic rings. The number of carbonyl (C=O) groups is 3. The summed E-state index contributed by atoms with van der Waals surface area (Å²) < 4.78 is 5.02. The number of hydrogen-bond donors (Lipinski definition) is 3. The Labute approximate surface area is 167 Å². The number of nitrogens with two attached hydrogens (primary N) is 1. The van der Waals surface area contributed by atoms with Gasteiger partial charge in [-0.2, -0.15) is 0 Å². The summed E-state index contributed by atoms with van der Waals surface area (Å²) in [6.45, 7) is 0.109. The van der Waals surface area contributed by atoms with Crippen molar-refractivity contribution in [2.75, 3.05) is 32.3 Å². The maximum absolute atomic E-state index is 12.6. The molecule has 4 N–H and O–H groups in total. The summed E-state index contributed by atoms with van der Waals surface area (Å²) in [4.78, 5) is 46.7. The fraction of sp³-hybridized carbons (Fsp3) is 0.400. The molecule has 0 spiro atoms. The third-order valence-electron chi connectivity index (χ3n) is 4.02. The molecule has 1 saturated heterocycles. The summed E-state index contributed by atoms with van der Waals surface area (Å²) in [6.07, 6.45) is 0. The number of fused-ring (bicyclic) bond motifs is 1. The molecule has 0 aliphatic carbocycles. The van der Waals surface area contributed by atoms with E-state index >= 15 is 0 Å². The standard InChI is InChI=1S/C15H17N5O6S2/c1-25-3-6-4-27-13-9(12(22)20(13)10(6)14(23)24)18-11(21)8(19-26-2)7-5-28-15(16)17-7/h5,9,13H,3-4H2,1-2H3,(H2,16,17)(H,18,21)(H,23,24)/b19-8-/t9-,13?/m1/s1. The summed E-state index contributed by atoms with van der Waals surface area (Å²) in [5, 5.41) is 17.0. The minimum absolute atomic E-state index is 0.0980. The van der Waals surface area contributed by atoms with Crippen LogP contribution in [0.2, 0.25) is 0 Å². The molecule has 0 aromatic carbocycles. The molecule has 11 nitrogen and oxygen atoms in total. The van der Waals surface area contributed by atoms with Gasteiger partial charge in [-0.05, 0) is 5.57 Å². The third-order valence-corrected chi connectivity index (χ3v) is 6.03. The van der Waals surface area contributed by atoms with Gasteiger partial charge in [0.1, 0.15) is 29.9 Å². The number of carboxylic acid groups (broad SMARTS) is 1. The summed E-state index contributed by atoms with van der Waals surface area (Å²) in [5.41, 5.74) is 6.09. The summed E-state index contributed by atoms with van der Waals surface area (Å²) in [6, 6.07) is -0.894. The number of thiazole rings is 1. The SMILES string of the molecule is COCC1=C(C(=O)O)N2C(=O)[C@@H](NC(=O)/C(=N\OC)c3csc(N)n3)C2SC1. The molecule has 3 heterocycles. The van der Waals surface area contributed by atoms with E-state index in [0.717, 1.165) is 11.3 Å². The Kier molecular flexibility index (Phi) is 5.86. The van der Waals surface area contributed by atoms with E-state index in [2.05, 4.69) is 15.5 Å². The van der Waals surface area contributed by atoms with Crippen molar-refractivity contribution in [1.29, 1.82) is 0 Å². The second-order valence-electron chi connectivity index (χ2n) is 5.74. The van der Waals surface area contributed by atoms with Crippen molar-refractivity contribution in [3.8, 4) is 0 Å². The van der Waals surface area contributed by atoms with Crippen molar-refractivity contribution in [3.63, 3.8) is 0 Å². The van der Waals surface area contributed by atoms with Crippen LogP contribution in [0.5, 0.6) is 0 Å². The first-order valence-electron chi connectivity index (χ1n) is 7.91. The van der Waals surface area contributed by atoms with Gasteiger partial charge in [0, 0.05) is 18.2 Å². The molecule has 1 unspecified atom stereocenters. The zero-order valence-corrected chi connectivity index (χ0v) is 16.5. The molecule has 1 aromatic rings. The number of nitrogen functional groups attached to an aromatic ring is 1. The summed E-state index contributed by atoms with van der Waals surface area (Å²) >= 11 is 2.47. The number of nitrogens with zero attached hydrogens (tertiary/aromatic N) is 3. The van der Waals surface area contributed by atoms with Gasteiger partial charge in [0.15, 0.2) is 10.8 Å². The number of anilines is 1. The highest BCUT2D eigenvalue weighted by molar-refractivity contribution is 8.00. The van der Waals surface area contributed by atoms with Gasteiger partial charge in [0.05, 0.1) is 6.61 Å². The molecule has 0 saturated carbocycles. The van der Waals surface area contributed by atoms with E-state index < -0.39 is 29.2 Å². The Morgan fingerprint density at radius 2 is 2.25 bits per heavy atom. The number of carboxylic acids is 1. The van der Waals surface area contributed by atoms with Crippen LogP contribution >= 0.6 is 23.1 Å². The van der Waals surface area contributed by atoms with Crippen molar-refractivity contribution in [1.82, 2.24) is 15.2 Å². The van der Waals surface area contributed by atoms with Crippen LogP contribution in [0, 0.1) is 0 Å². The van der Waals surface area contributed by atoms with Gasteiger partial charge in [0.25, 0.3) is 11.8 Å². The van der Waals surface area contributed by atoms with Crippen molar-refractivity contribution in [3.05, 3.63) is 22.3 Å². The monoisotopic (exact) mass is 427 g/mol. The van der Waals surface area contributed by atoms with Gasteiger partial charge in [0.2, 0.25) is 0 Å². The van der Waals surface area contributed by atoms with Crippen molar-refractivity contribution in [2.45, 2.75) is 11.4 Å². The van der Waals surface area contributed by atoms with Crippen LogP contribution in [-0.4, -0.2) is 76.5 Å². The minimum atomic E-state index is -1.21. The number of amides is 2. The molecule has 13 heteroatoms. The maximum Gasteiger partial charge on any atom is 0.352 e. The van der Waals surface area contributed by atoms with Crippen LogP contribution in [0.1, 0.15) is 5.69 Å². The largest absolute Gasteiger partial charge is 0.477 e. The maximum atomic E-state index is 12.6. The molecule has 1 fully saturated rings. The Bertz CT molecular complexity index is 882. The molecule has 2 amide bonds. The number of carbonyl (C=O) groups excluding carboxylic acids is 2. The Hall–Kier alpha value is -2.64. The van der Waals surface area contributed by atoms with Crippen molar-refractivity contribution < 1.29 is 29.1 Å². The van der Waals surface area contributed by atoms with E-state index in [0.29, 0.717) is 11.3 Å². The van der Waals surface area contributed by atoms with E-state index in [1.165, 1.54) is 30.9 Å². The lowest BCUT2D eigenvalue weighted by molar-refractivity contribution is -0.150. The highest BCUT2D eigenvalue weighted by atomic mass is 32.2. The molecule has 0 bridgehead atoms. The lowest BCUT2D eigenvalue weighted by atomic mass is 10.0. The molecule has 28 heavy (non-hydrogen) atoms. The van der Waals surface area contributed by atoms with E-state index in [-0.39, 0.29) is 28.8 Å². The second-order valence-corrected chi connectivity index (χ2v) is 7.74. The van der Waals surface area contributed by atoms with Gasteiger partial charge in [-0.15, -0.1) is 23.1 Å².